The van der Waals surface area contributed by atoms with E-state index in [2.05, 4.69) is 9.71 Å². The van der Waals surface area contributed by atoms with Gasteiger partial charge in [0.25, 0.3) is 0 Å². The minimum Gasteiger partial charge on any atom is -0.379 e. The first-order valence-electron chi connectivity index (χ1n) is 14.8. The topological polar surface area (TPSA) is 126 Å². The first-order valence-corrected chi connectivity index (χ1v) is 17.7. The van der Waals surface area contributed by atoms with E-state index in [0.29, 0.717) is 41.5 Å². The number of hydrogen-bond acceptors (Lipinski definition) is 8. The number of fused-ring (bicyclic) bond motifs is 2. The van der Waals surface area contributed by atoms with Gasteiger partial charge in [-0.3, -0.25) is 9.78 Å². The number of nitrogens with zero attached hydrogens (tertiary/aromatic N) is 3. The predicted octanol–water partition coefficient (Wildman–Crippen LogP) is 4.32. The van der Waals surface area contributed by atoms with Crippen LogP contribution in [0.25, 0.3) is 16.8 Å². The monoisotopic (exact) mass is 646 g/mol. The van der Waals surface area contributed by atoms with E-state index in [0.717, 1.165) is 24.8 Å². The van der Waals surface area contributed by atoms with Crippen molar-refractivity contribution in [2.45, 2.75) is 48.1 Å². The molecule has 0 aliphatic carbocycles. The van der Waals surface area contributed by atoms with Gasteiger partial charge in [-0.05, 0) is 73.4 Å². The first-order chi connectivity index (χ1) is 21.6. The van der Waals surface area contributed by atoms with Crippen LogP contribution in [0.15, 0.2) is 95.1 Å². The summed E-state index contributed by atoms with van der Waals surface area (Å²) in [5.74, 6) is -0.210. The van der Waals surface area contributed by atoms with Crippen molar-refractivity contribution in [1.29, 1.82) is 0 Å². The smallest absolute Gasteiger partial charge is 0.339 e. The molecule has 0 saturated carbocycles. The molecule has 0 radical (unpaired) electrons. The van der Waals surface area contributed by atoms with E-state index in [-0.39, 0.29) is 27.9 Å². The van der Waals surface area contributed by atoms with Gasteiger partial charge in [0.05, 0.1) is 4.90 Å². The highest BCUT2D eigenvalue weighted by Gasteiger charge is 2.33. The van der Waals surface area contributed by atoms with Crippen LogP contribution in [0.1, 0.15) is 36.0 Å². The lowest BCUT2D eigenvalue weighted by Crippen LogP contribution is -2.51. The van der Waals surface area contributed by atoms with Gasteiger partial charge in [0, 0.05) is 55.4 Å². The Morgan fingerprint density at radius 3 is 2.42 bits per heavy atom. The van der Waals surface area contributed by atoms with Gasteiger partial charge in [-0.2, -0.15) is 13.1 Å². The summed E-state index contributed by atoms with van der Waals surface area (Å²) in [4.78, 5) is 21.9. The molecule has 4 aromatic rings. The summed E-state index contributed by atoms with van der Waals surface area (Å²) in [6.07, 6.45) is 9.11. The highest BCUT2D eigenvalue weighted by molar-refractivity contribution is 7.89. The quantitative estimate of drug-likeness (QED) is 0.267. The Morgan fingerprint density at radius 1 is 0.911 bits per heavy atom. The highest BCUT2D eigenvalue weighted by atomic mass is 32.2. The fourth-order valence-electron chi connectivity index (χ4n) is 5.94. The third-order valence-electron chi connectivity index (χ3n) is 8.09. The number of aromatic nitrogens is 1. The van der Waals surface area contributed by atoms with Crippen LogP contribution in [-0.2, 0) is 37.9 Å². The number of sulfonamides is 1. The molecule has 234 valence electrons. The maximum Gasteiger partial charge on any atom is 0.339 e. The molecule has 1 amide bonds. The number of piperidine rings is 1. The summed E-state index contributed by atoms with van der Waals surface area (Å²) in [6, 6.07) is 16.8. The number of hydrogen-bond donors (Lipinski definition) is 1. The second-order valence-electron chi connectivity index (χ2n) is 11.3. The summed E-state index contributed by atoms with van der Waals surface area (Å²) in [7, 11) is -6.58. The Balaban J connectivity index is 1.41. The minimum absolute atomic E-state index is 0.0800. The molecule has 45 heavy (non-hydrogen) atoms. The molecule has 1 unspecified atom stereocenters. The normalized spacial score (nSPS) is 15.9. The van der Waals surface area contributed by atoms with E-state index < -0.39 is 26.2 Å². The predicted molar refractivity (Wildman–Crippen MR) is 171 cm³/mol. The molecule has 1 saturated heterocycles. The SMILES string of the molecule is CN1C=Cc2c(cccc2S(=O)(=O)NC(Cc2cncc3cccc(S(=O)(=O)Oc4ccccc4)c23)C(=O)N2CCCCC2)C1. The molecule has 3 aromatic carbocycles. The maximum atomic E-state index is 14.0. The molecule has 0 spiro atoms. The molecule has 1 atom stereocenters. The number of rotatable bonds is 9. The molecule has 2 aliphatic heterocycles. The number of benzene rings is 3. The molecule has 2 aliphatic rings. The number of pyridine rings is 1. The van der Waals surface area contributed by atoms with Crippen molar-refractivity contribution in [2.24, 2.45) is 0 Å². The molecule has 3 heterocycles. The minimum atomic E-state index is -4.31. The van der Waals surface area contributed by atoms with Crippen LogP contribution in [0.2, 0.25) is 0 Å². The van der Waals surface area contributed by atoms with E-state index in [1.807, 2.05) is 24.2 Å². The largest absolute Gasteiger partial charge is 0.379 e. The van der Waals surface area contributed by atoms with Crippen molar-refractivity contribution in [3.8, 4) is 5.75 Å². The molecule has 1 fully saturated rings. The average molecular weight is 647 g/mol. The molecule has 6 rings (SSSR count). The van der Waals surface area contributed by atoms with Gasteiger partial charge in [-0.15, -0.1) is 0 Å². The van der Waals surface area contributed by atoms with Crippen LogP contribution in [-0.4, -0.2) is 63.7 Å². The molecule has 1 aromatic heterocycles. The number of nitrogens with one attached hydrogen (secondary N) is 1. The molecule has 12 heteroatoms. The average Bonchev–Trinajstić information content (AvgIpc) is 3.04. The fraction of sp³-hybridized carbons (Fsp3) is 0.273. The van der Waals surface area contributed by atoms with Crippen LogP contribution in [0.4, 0.5) is 0 Å². The van der Waals surface area contributed by atoms with Crippen LogP contribution < -0.4 is 8.91 Å². The summed E-state index contributed by atoms with van der Waals surface area (Å²) in [5.41, 5.74) is 1.83. The zero-order valence-electron chi connectivity index (χ0n) is 24.8. The third-order valence-corrected chi connectivity index (χ3v) is 10.9. The van der Waals surface area contributed by atoms with Crippen molar-refractivity contribution in [1.82, 2.24) is 19.5 Å². The molecule has 1 N–H and O–H groups in total. The molecule has 0 bridgehead atoms. The Hall–Kier alpha value is -4.26. The molecule has 10 nitrogen and oxygen atoms in total. The fourth-order valence-corrected chi connectivity index (χ4v) is 8.57. The van der Waals surface area contributed by atoms with E-state index in [1.165, 1.54) is 24.5 Å². The second-order valence-corrected chi connectivity index (χ2v) is 14.5. The number of carbonyl (C=O) groups excluding carboxylic acids is 1. The van der Waals surface area contributed by atoms with Crippen molar-refractivity contribution >= 4 is 42.9 Å². The molecular formula is C33H34N4O6S2. The Bertz CT molecular complexity index is 1970. The van der Waals surface area contributed by atoms with Crippen molar-refractivity contribution in [2.75, 3.05) is 20.1 Å². The van der Waals surface area contributed by atoms with Crippen LogP contribution in [0, 0.1) is 0 Å². The van der Waals surface area contributed by atoms with Crippen molar-refractivity contribution in [3.05, 3.63) is 102 Å². The summed E-state index contributed by atoms with van der Waals surface area (Å²) < 4.78 is 63.3. The van der Waals surface area contributed by atoms with Crippen molar-refractivity contribution < 1.29 is 25.8 Å². The zero-order chi connectivity index (χ0) is 31.6. The van der Waals surface area contributed by atoms with Crippen LogP contribution >= 0.6 is 0 Å². The standard InChI is InChI=1S/C33H34N4O6S2/c1-36-19-16-28-25(23-36)11-9-14-30(28)44(39,40)35-29(33(38)37-17-6-3-7-18-37)20-26-22-34-21-24-10-8-15-31(32(24)26)45(41,42)43-27-12-4-2-5-13-27/h2,4-5,8-16,19,21-22,29,35H,3,6-7,17-18,20,23H2,1H3. The Morgan fingerprint density at radius 2 is 1.64 bits per heavy atom. The lowest BCUT2D eigenvalue weighted by atomic mass is 10.0. The summed E-state index contributed by atoms with van der Waals surface area (Å²) in [5, 5.41) is 0.839. The number of amides is 1. The summed E-state index contributed by atoms with van der Waals surface area (Å²) >= 11 is 0. The van der Waals surface area contributed by atoms with Gasteiger partial charge in [0.1, 0.15) is 16.7 Å². The third kappa shape index (κ3) is 6.58. The molecular weight excluding hydrogens is 613 g/mol. The van der Waals surface area contributed by atoms with Gasteiger partial charge >= 0.3 is 10.1 Å². The van der Waals surface area contributed by atoms with E-state index in [9.17, 15) is 21.6 Å². The van der Waals surface area contributed by atoms with Gasteiger partial charge in [-0.1, -0.05) is 42.5 Å². The van der Waals surface area contributed by atoms with Gasteiger partial charge in [0.15, 0.2) is 0 Å². The Kier molecular flexibility index (Phi) is 8.63. The second kappa shape index (κ2) is 12.6. The summed E-state index contributed by atoms with van der Waals surface area (Å²) in [6.45, 7) is 1.59. The van der Waals surface area contributed by atoms with E-state index in [1.54, 1.807) is 59.5 Å². The Labute approximate surface area is 263 Å². The number of para-hydroxylation sites is 1. The number of carbonyl (C=O) groups is 1. The van der Waals surface area contributed by atoms with Crippen LogP contribution in [0.5, 0.6) is 5.75 Å². The first kappa shape index (κ1) is 30.8. The van der Waals surface area contributed by atoms with Gasteiger partial charge in [-0.25, -0.2) is 8.42 Å². The van der Waals surface area contributed by atoms with Crippen LogP contribution in [0.3, 0.4) is 0 Å². The maximum absolute atomic E-state index is 14.0. The van der Waals surface area contributed by atoms with Gasteiger partial charge < -0.3 is 14.0 Å². The zero-order valence-corrected chi connectivity index (χ0v) is 26.4. The number of likely N-dealkylation sites (tertiary alicyclic amines) is 1. The highest BCUT2D eigenvalue weighted by Crippen LogP contribution is 2.31. The van der Waals surface area contributed by atoms with E-state index in [4.69, 9.17) is 4.18 Å². The van der Waals surface area contributed by atoms with Gasteiger partial charge in [0.2, 0.25) is 15.9 Å². The lowest BCUT2D eigenvalue weighted by Gasteiger charge is -2.31. The van der Waals surface area contributed by atoms with Crippen molar-refractivity contribution in [3.63, 3.8) is 0 Å². The lowest BCUT2D eigenvalue weighted by molar-refractivity contribution is -0.133. The van der Waals surface area contributed by atoms with E-state index >= 15 is 0 Å².